The predicted molar refractivity (Wildman–Crippen MR) is 110 cm³/mol. The maximum Gasteiger partial charge on any atom is 0.240 e. The fraction of sp³-hybridized carbons (Fsp3) is 0.476. The molecule has 1 aliphatic heterocycles. The van der Waals surface area contributed by atoms with E-state index in [9.17, 15) is 8.42 Å². The van der Waals surface area contributed by atoms with Crippen LogP contribution in [0.1, 0.15) is 29.7 Å². The molecule has 1 aliphatic rings. The summed E-state index contributed by atoms with van der Waals surface area (Å²) in [5.41, 5.74) is 2.73. The Morgan fingerprint density at radius 1 is 1.18 bits per heavy atom. The van der Waals surface area contributed by atoms with Crippen LogP contribution < -0.4 is 9.46 Å². The zero-order chi connectivity index (χ0) is 20.1. The summed E-state index contributed by atoms with van der Waals surface area (Å²) in [5, 5.41) is 0. The van der Waals surface area contributed by atoms with Gasteiger partial charge < -0.3 is 4.74 Å². The molecule has 0 bridgehead atoms. The largest absolute Gasteiger partial charge is 0.496 e. The first-order chi connectivity index (χ1) is 13.4. The lowest BCUT2D eigenvalue weighted by atomic mass is 9.97. The standard InChI is InChI=1S/C21H29N3O3S/c1-16-12-20(13-17(2)21(16)27-3)28(25,26)23-14-18-7-10-24(11-8-18)15-19-6-4-5-9-22-19/h4-6,9,12-13,18,23H,7-8,10-11,14-15H2,1-3H3. The number of rotatable bonds is 7. The van der Waals surface area contributed by atoms with Gasteiger partial charge in [-0.1, -0.05) is 6.07 Å². The molecular weight excluding hydrogens is 374 g/mol. The molecule has 2 heterocycles. The smallest absolute Gasteiger partial charge is 0.240 e. The van der Waals surface area contributed by atoms with E-state index in [4.69, 9.17) is 4.74 Å². The van der Waals surface area contributed by atoms with Gasteiger partial charge in [0.15, 0.2) is 0 Å². The second-order valence-electron chi connectivity index (χ2n) is 7.48. The second kappa shape index (κ2) is 9.03. The van der Waals surface area contributed by atoms with E-state index in [0.29, 0.717) is 17.4 Å². The van der Waals surface area contributed by atoms with Crippen molar-refractivity contribution in [2.24, 2.45) is 5.92 Å². The first-order valence-electron chi connectivity index (χ1n) is 9.66. The summed E-state index contributed by atoms with van der Waals surface area (Å²) in [6.45, 7) is 6.98. The van der Waals surface area contributed by atoms with Gasteiger partial charge in [0, 0.05) is 19.3 Å². The number of nitrogens with one attached hydrogen (secondary N) is 1. The van der Waals surface area contributed by atoms with Gasteiger partial charge >= 0.3 is 0 Å². The van der Waals surface area contributed by atoms with Crippen LogP contribution in [0.3, 0.4) is 0 Å². The number of pyridine rings is 1. The van der Waals surface area contributed by atoms with E-state index in [2.05, 4.69) is 14.6 Å². The van der Waals surface area contributed by atoms with Crippen LogP contribution in [-0.2, 0) is 16.6 Å². The average Bonchev–Trinajstić information content (AvgIpc) is 2.68. The van der Waals surface area contributed by atoms with Gasteiger partial charge in [-0.15, -0.1) is 0 Å². The highest BCUT2D eigenvalue weighted by atomic mass is 32.2. The molecule has 1 aromatic heterocycles. The van der Waals surface area contributed by atoms with E-state index in [1.807, 2.05) is 38.2 Å². The fourth-order valence-electron chi connectivity index (χ4n) is 3.77. The minimum absolute atomic E-state index is 0.302. The Balaban J connectivity index is 1.53. The summed E-state index contributed by atoms with van der Waals surface area (Å²) < 4.78 is 33.6. The Labute approximate surface area is 168 Å². The minimum atomic E-state index is -3.52. The number of aryl methyl sites for hydroxylation is 2. The Morgan fingerprint density at radius 3 is 2.43 bits per heavy atom. The molecule has 6 nitrogen and oxygen atoms in total. The van der Waals surface area contributed by atoms with Crippen molar-refractivity contribution in [3.05, 3.63) is 53.3 Å². The third-order valence-corrected chi connectivity index (χ3v) is 6.73. The lowest BCUT2D eigenvalue weighted by Crippen LogP contribution is -2.38. The zero-order valence-corrected chi connectivity index (χ0v) is 17.6. The number of ether oxygens (including phenoxy) is 1. The van der Waals surface area contributed by atoms with Crippen molar-refractivity contribution in [1.82, 2.24) is 14.6 Å². The number of methoxy groups -OCH3 is 1. The maximum absolute atomic E-state index is 12.7. The quantitative estimate of drug-likeness (QED) is 0.770. The molecule has 0 aliphatic carbocycles. The third kappa shape index (κ3) is 5.10. The van der Waals surface area contributed by atoms with Gasteiger partial charge in [-0.3, -0.25) is 9.88 Å². The highest BCUT2D eigenvalue weighted by molar-refractivity contribution is 7.89. The Morgan fingerprint density at radius 2 is 1.86 bits per heavy atom. The zero-order valence-electron chi connectivity index (χ0n) is 16.8. The number of hydrogen-bond acceptors (Lipinski definition) is 5. The number of nitrogens with zero attached hydrogens (tertiary/aromatic N) is 2. The monoisotopic (exact) mass is 403 g/mol. The minimum Gasteiger partial charge on any atom is -0.496 e. The van der Waals surface area contributed by atoms with E-state index in [-0.39, 0.29) is 0 Å². The highest BCUT2D eigenvalue weighted by Gasteiger charge is 2.23. The van der Waals surface area contributed by atoms with E-state index in [0.717, 1.165) is 55.0 Å². The van der Waals surface area contributed by atoms with Crippen LogP contribution in [0, 0.1) is 19.8 Å². The molecule has 3 rings (SSSR count). The van der Waals surface area contributed by atoms with Crippen molar-refractivity contribution in [3.8, 4) is 5.75 Å². The van der Waals surface area contributed by atoms with Crippen LogP contribution in [0.25, 0.3) is 0 Å². The van der Waals surface area contributed by atoms with E-state index >= 15 is 0 Å². The summed E-state index contributed by atoms with van der Waals surface area (Å²) in [7, 11) is -1.92. The summed E-state index contributed by atoms with van der Waals surface area (Å²) in [5.74, 6) is 1.09. The molecule has 0 unspecified atom stereocenters. The molecule has 0 amide bonds. The van der Waals surface area contributed by atoms with Crippen molar-refractivity contribution < 1.29 is 13.2 Å². The number of hydrogen-bond donors (Lipinski definition) is 1. The van der Waals surface area contributed by atoms with Crippen LogP contribution in [0.4, 0.5) is 0 Å². The van der Waals surface area contributed by atoms with Crippen LogP contribution >= 0.6 is 0 Å². The van der Waals surface area contributed by atoms with Gasteiger partial charge in [0.1, 0.15) is 5.75 Å². The summed E-state index contributed by atoms with van der Waals surface area (Å²) >= 11 is 0. The van der Waals surface area contributed by atoms with Gasteiger partial charge in [0.05, 0.1) is 17.7 Å². The number of likely N-dealkylation sites (tertiary alicyclic amines) is 1. The van der Waals surface area contributed by atoms with Crippen molar-refractivity contribution >= 4 is 10.0 Å². The summed E-state index contributed by atoms with van der Waals surface area (Å²) in [4.78, 5) is 7.06. The maximum atomic E-state index is 12.7. The molecule has 1 aromatic carbocycles. The molecular formula is C21H29N3O3S. The van der Waals surface area contributed by atoms with Crippen molar-refractivity contribution in [2.75, 3.05) is 26.7 Å². The highest BCUT2D eigenvalue weighted by Crippen LogP contribution is 2.26. The molecule has 0 spiro atoms. The van der Waals surface area contributed by atoms with E-state index < -0.39 is 10.0 Å². The predicted octanol–water partition coefficient (Wildman–Crippen LogP) is 2.90. The van der Waals surface area contributed by atoms with Crippen molar-refractivity contribution in [3.63, 3.8) is 0 Å². The molecule has 0 saturated carbocycles. The van der Waals surface area contributed by atoms with E-state index in [1.54, 1.807) is 19.2 Å². The van der Waals surface area contributed by atoms with Gasteiger partial charge in [0.2, 0.25) is 10.0 Å². The third-order valence-electron chi connectivity index (χ3n) is 5.33. The summed E-state index contributed by atoms with van der Waals surface area (Å²) in [6.07, 6.45) is 3.78. The summed E-state index contributed by atoms with van der Waals surface area (Å²) in [6, 6.07) is 9.31. The van der Waals surface area contributed by atoms with Crippen LogP contribution in [0.2, 0.25) is 0 Å². The van der Waals surface area contributed by atoms with Gasteiger partial charge in [-0.2, -0.15) is 0 Å². The Bertz CT molecular complexity index is 869. The Kier molecular flexibility index (Phi) is 6.69. The molecule has 152 valence electrons. The van der Waals surface area contributed by atoms with Crippen LogP contribution in [-0.4, -0.2) is 45.0 Å². The molecule has 0 radical (unpaired) electrons. The Hall–Kier alpha value is -1.96. The number of benzene rings is 1. The van der Waals surface area contributed by atoms with Crippen molar-refractivity contribution in [1.29, 1.82) is 0 Å². The molecule has 1 fully saturated rings. The van der Waals surface area contributed by atoms with Gasteiger partial charge in [0.25, 0.3) is 0 Å². The average molecular weight is 404 g/mol. The number of aromatic nitrogens is 1. The molecule has 0 atom stereocenters. The number of sulfonamides is 1. The van der Waals surface area contributed by atoms with Gasteiger partial charge in [-0.25, -0.2) is 13.1 Å². The molecule has 28 heavy (non-hydrogen) atoms. The van der Waals surface area contributed by atoms with Gasteiger partial charge in [-0.05, 0) is 81.1 Å². The normalized spacial score (nSPS) is 16.2. The molecule has 7 heteroatoms. The number of piperidine rings is 1. The molecule has 1 N–H and O–H groups in total. The lowest BCUT2D eigenvalue weighted by molar-refractivity contribution is 0.177. The van der Waals surface area contributed by atoms with Crippen molar-refractivity contribution in [2.45, 2.75) is 38.1 Å². The fourth-order valence-corrected chi connectivity index (χ4v) is 5.05. The van der Waals surface area contributed by atoms with Crippen LogP contribution in [0.15, 0.2) is 41.4 Å². The van der Waals surface area contributed by atoms with Crippen LogP contribution in [0.5, 0.6) is 5.75 Å². The topological polar surface area (TPSA) is 71.5 Å². The molecule has 2 aromatic rings. The SMILES string of the molecule is COc1c(C)cc(S(=O)(=O)NCC2CCN(Cc3ccccn3)CC2)cc1C. The first kappa shape index (κ1) is 20.8. The lowest BCUT2D eigenvalue weighted by Gasteiger charge is -2.31. The van der Waals surface area contributed by atoms with E-state index in [1.165, 1.54) is 0 Å². The second-order valence-corrected chi connectivity index (χ2v) is 9.25. The first-order valence-corrected chi connectivity index (χ1v) is 11.1. The molecule has 1 saturated heterocycles.